The summed E-state index contributed by atoms with van der Waals surface area (Å²) in [6.45, 7) is 6.69. The van der Waals surface area contributed by atoms with Crippen LogP contribution in [-0.4, -0.2) is 67.2 Å². The Kier molecular flexibility index (Phi) is 8.66. The zero-order valence-electron chi connectivity index (χ0n) is 20.8. The number of anilines is 1. The number of morpholine rings is 1. The molecule has 2 amide bonds. The lowest BCUT2D eigenvalue weighted by Crippen LogP contribution is -2.45. The molecule has 1 atom stereocenters. The third kappa shape index (κ3) is 5.91. The van der Waals surface area contributed by atoms with Gasteiger partial charge in [0.15, 0.2) is 5.17 Å². The summed E-state index contributed by atoms with van der Waals surface area (Å²) in [5.41, 5.74) is 1.81. The molecule has 4 rings (SSSR count). The number of amides is 2. The van der Waals surface area contributed by atoms with Crippen LogP contribution in [0.3, 0.4) is 0 Å². The molecule has 36 heavy (non-hydrogen) atoms. The van der Waals surface area contributed by atoms with Gasteiger partial charge in [-0.2, -0.15) is 0 Å². The highest BCUT2D eigenvalue weighted by molar-refractivity contribution is 8.15. The Morgan fingerprint density at radius 1 is 1.08 bits per heavy atom. The second-order valence-electron chi connectivity index (χ2n) is 8.22. The molecule has 0 radical (unpaired) electrons. The maximum Gasteiger partial charge on any atom is 0.283 e. The highest BCUT2D eigenvalue weighted by Gasteiger charge is 2.36. The van der Waals surface area contributed by atoms with Gasteiger partial charge in [0.1, 0.15) is 17.2 Å². The van der Waals surface area contributed by atoms with Crippen molar-refractivity contribution in [1.82, 2.24) is 4.90 Å². The van der Waals surface area contributed by atoms with Gasteiger partial charge in [0.05, 0.1) is 37.9 Å². The third-order valence-corrected chi connectivity index (χ3v) is 7.18. The quantitative estimate of drug-likeness (QED) is 0.496. The molecule has 0 aromatic heterocycles. The summed E-state index contributed by atoms with van der Waals surface area (Å²) < 4.78 is 16.2. The van der Waals surface area contributed by atoms with E-state index in [1.165, 1.54) is 11.8 Å². The molecule has 1 fully saturated rings. The van der Waals surface area contributed by atoms with Gasteiger partial charge in [0, 0.05) is 13.1 Å². The van der Waals surface area contributed by atoms with Crippen molar-refractivity contribution in [3.63, 3.8) is 0 Å². The van der Waals surface area contributed by atoms with E-state index in [-0.39, 0.29) is 17.1 Å². The number of rotatable bonds is 8. The standard InChI is InChI=1S/C27H31N3O5S/c1-4-24(26(32)29-14-16-34-17-15-29)36-27-28-23(18-19-6-10-21(33-3)11-7-19)25(31)30(27)20-8-12-22(13-9-20)35-5-2/h6-13,18,24H,4-5,14-17H2,1-3H3/b23-18-/t24-/m1/s1. The fourth-order valence-corrected chi connectivity index (χ4v) is 5.06. The largest absolute Gasteiger partial charge is 0.497 e. The van der Waals surface area contributed by atoms with E-state index in [1.807, 2.05) is 67.3 Å². The van der Waals surface area contributed by atoms with Gasteiger partial charge in [-0.05, 0) is 61.4 Å². The second-order valence-corrected chi connectivity index (χ2v) is 9.39. The summed E-state index contributed by atoms with van der Waals surface area (Å²) in [5.74, 6) is 1.26. The number of hydrogen-bond donors (Lipinski definition) is 0. The Bertz CT molecular complexity index is 1130. The molecule has 0 saturated carbocycles. The van der Waals surface area contributed by atoms with Crippen molar-refractivity contribution in [2.24, 2.45) is 4.99 Å². The summed E-state index contributed by atoms with van der Waals surface area (Å²) in [6.07, 6.45) is 2.37. The summed E-state index contributed by atoms with van der Waals surface area (Å²) in [5, 5.41) is 0.123. The number of benzene rings is 2. The van der Waals surface area contributed by atoms with E-state index in [4.69, 9.17) is 19.2 Å². The van der Waals surface area contributed by atoms with E-state index in [0.29, 0.717) is 55.9 Å². The number of carbonyl (C=O) groups is 2. The minimum atomic E-state index is -0.361. The van der Waals surface area contributed by atoms with Crippen molar-refractivity contribution in [2.45, 2.75) is 25.5 Å². The predicted octanol–water partition coefficient (Wildman–Crippen LogP) is 4.21. The van der Waals surface area contributed by atoms with Crippen molar-refractivity contribution >= 4 is 40.5 Å². The van der Waals surface area contributed by atoms with E-state index >= 15 is 0 Å². The zero-order chi connectivity index (χ0) is 25.5. The molecule has 2 aliphatic rings. The number of thioether (sulfide) groups is 1. The molecular weight excluding hydrogens is 478 g/mol. The van der Waals surface area contributed by atoms with E-state index in [0.717, 1.165) is 17.1 Å². The van der Waals surface area contributed by atoms with Crippen LogP contribution < -0.4 is 14.4 Å². The Hall–Kier alpha value is -3.30. The molecule has 0 unspecified atom stereocenters. The van der Waals surface area contributed by atoms with Crippen molar-refractivity contribution in [3.05, 3.63) is 59.8 Å². The molecule has 2 aromatic rings. The van der Waals surface area contributed by atoms with Gasteiger partial charge in [-0.25, -0.2) is 4.99 Å². The Balaban J connectivity index is 1.64. The Morgan fingerprint density at radius 3 is 2.36 bits per heavy atom. The van der Waals surface area contributed by atoms with Gasteiger partial charge in [-0.1, -0.05) is 30.8 Å². The monoisotopic (exact) mass is 509 g/mol. The van der Waals surface area contributed by atoms with Crippen LogP contribution in [0.1, 0.15) is 25.8 Å². The Labute approximate surface area is 215 Å². The van der Waals surface area contributed by atoms with Gasteiger partial charge in [0.2, 0.25) is 5.91 Å². The molecule has 0 spiro atoms. The number of ether oxygens (including phenoxy) is 3. The highest BCUT2D eigenvalue weighted by atomic mass is 32.2. The smallest absolute Gasteiger partial charge is 0.283 e. The maximum atomic E-state index is 13.6. The van der Waals surface area contributed by atoms with Gasteiger partial charge in [0.25, 0.3) is 5.91 Å². The molecule has 2 heterocycles. The fraction of sp³-hybridized carbons (Fsp3) is 0.370. The molecule has 2 aliphatic heterocycles. The van der Waals surface area contributed by atoms with Gasteiger partial charge in [-0.15, -0.1) is 0 Å². The van der Waals surface area contributed by atoms with E-state index in [2.05, 4.69) is 0 Å². The van der Waals surface area contributed by atoms with Crippen LogP contribution in [0.15, 0.2) is 59.2 Å². The number of hydrogen-bond acceptors (Lipinski definition) is 7. The maximum absolute atomic E-state index is 13.6. The first kappa shape index (κ1) is 25.8. The lowest BCUT2D eigenvalue weighted by atomic mass is 10.2. The topological polar surface area (TPSA) is 80.7 Å². The molecule has 190 valence electrons. The lowest BCUT2D eigenvalue weighted by Gasteiger charge is -2.30. The van der Waals surface area contributed by atoms with Crippen LogP contribution in [0.2, 0.25) is 0 Å². The van der Waals surface area contributed by atoms with Crippen LogP contribution in [0.5, 0.6) is 11.5 Å². The van der Waals surface area contributed by atoms with Crippen LogP contribution in [0.25, 0.3) is 6.08 Å². The third-order valence-electron chi connectivity index (χ3n) is 5.87. The normalized spacial score (nSPS) is 17.8. The molecule has 8 nitrogen and oxygen atoms in total. The summed E-state index contributed by atoms with van der Waals surface area (Å²) in [7, 11) is 1.61. The van der Waals surface area contributed by atoms with Crippen LogP contribution in [0.4, 0.5) is 5.69 Å². The molecule has 0 bridgehead atoms. The first-order valence-corrected chi connectivity index (χ1v) is 13.0. The Morgan fingerprint density at radius 2 is 1.75 bits per heavy atom. The highest BCUT2D eigenvalue weighted by Crippen LogP contribution is 2.33. The fourth-order valence-electron chi connectivity index (χ4n) is 3.94. The molecule has 0 aliphatic carbocycles. The average molecular weight is 510 g/mol. The first-order chi connectivity index (χ1) is 17.5. The van der Waals surface area contributed by atoms with E-state index in [1.54, 1.807) is 18.1 Å². The van der Waals surface area contributed by atoms with Crippen LogP contribution in [-0.2, 0) is 14.3 Å². The van der Waals surface area contributed by atoms with Crippen molar-refractivity contribution in [3.8, 4) is 11.5 Å². The van der Waals surface area contributed by atoms with E-state index < -0.39 is 0 Å². The minimum absolute atomic E-state index is 0.0418. The first-order valence-electron chi connectivity index (χ1n) is 12.1. The van der Waals surface area contributed by atoms with Crippen LogP contribution >= 0.6 is 11.8 Å². The minimum Gasteiger partial charge on any atom is -0.497 e. The number of carbonyl (C=O) groups excluding carboxylic acids is 2. The average Bonchev–Trinajstić information content (AvgIpc) is 3.22. The van der Waals surface area contributed by atoms with Crippen molar-refractivity contribution < 1.29 is 23.8 Å². The van der Waals surface area contributed by atoms with Crippen molar-refractivity contribution in [2.75, 3.05) is 44.9 Å². The molecular formula is C27H31N3O5S. The zero-order valence-corrected chi connectivity index (χ0v) is 21.6. The van der Waals surface area contributed by atoms with Gasteiger partial charge >= 0.3 is 0 Å². The number of aliphatic imine (C=N–C) groups is 1. The summed E-state index contributed by atoms with van der Waals surface area (Å²) >= 11 is 1.33. The molecule has 0 N–H and O–H groups in total. The predicted molar refractivity (Wildman–Crippen MR) is 143 cm³/mol. The summed E-state index contributed by atoms with van der Waals surface area (Å²) in [4.78, 5) is 34.9. The van der Waals surface area contributed by atoms with Crippen LogP contribution in [0, 0.1) is 0 Å². The SMILES string of the molecule is CCOc1ccc(N2C(=O)/C(=C/c3ccc(OC)cc3)N=C2S[C@H](CC)C(=O)N2CCOCC2)cc1. The van der Waals surface area contributed by atoms with E-state index in [9.17, 15) is 9.59 Å². The number of amidine groups is 1. The molecule has 2 aromatic carbocycles. The van der Waals surface area contributed by atoms with Gasteiger partial charge < -0.3 is 19.1 Å². The van der Waals surface area contributed by atoms with Crippen molar-refractivity contribution in [1.29, 1.82) is 0 Å². The summed E-state index contributed by atoms with van der Waals surface area (Å²) in [6, 6.07) is 14.7. The number of methoxy groups -OCH3 is 1. The number of nitrogens with zero attached hydrogens (tertiary/aromatic N) is 3. The second kappa shape index (κ2) is 12.1. The lowest BCUT2D eigenvalue weighted by molar-refractivity contribution is -0.134. The molecule has 1 saturated heterocycles. The molecule has 9 heteroatoms. The van der Waals surface area contributed by atoms with Gasteiger partial charge in [-0.3, -0.25) is 14.5 Å².